The fraction of sp³-hybridized carbons (Fsp3) is 0.390. The van der Waals surface area contributed by atoms with Crippen molar-refractivity contribution >= 4 is 18.2 Å². The van der Waals surface area contributed by atoms with Crippen LogP contribution >= 0.6 is 0 Å². The summed E-state index contributed by atoms with van der Waals surface area (Å²) in [6, 6.07) is 17.2. The van der Waals surface area contributed by atoms with Gasteiger partial charge in [0.1, 0.15) is 79.5 Å². The zero-order valence-electron chi connectivity index (χ0n) is 31.6. The van der Waals surface area contributed by atoms with Crippen molar-refractivity contribution in [3.8, 4) is 28.7 Å². The summed E-state index contributed by atoms with van der Waals surface area (Å²) in [5.74, 6) is -0.787. The summed E-state index contributed by atoms with van der Waals surface area (Å²) in [5.41, 5.74) is 17.3. The van der Waals surface area contributed by atoms with E-state index in [4.69, 9.17) is 49.7 Å². The minimum atomic E-state index is -1.88. The second kappa shape index (κ2) is 16.0. The molecular weight excluding hydrogens is 756 g/mol. The molecule has 1 fully saturated rings. The average molecular weight is 802 g/mol. The molecule has 0 spiro atoms. The number of aliphatic carboxylic acids is 1. The molecule has 306 valence electrons. The number of nitrogens with two attached hydrogens (primary N) is 2. The normalized spacial score (nSPS) is 28.2. The first-order chi connectivity index (χ1) is 27.9. The van der Waals surface area contributed by atoms with Crippen LogP contribution in [0.25, 0.3) is 0 Å². The maximum absolute atomic E-state index is 12.3. The van der Waals surface area contributed by atoms with E-state index in [0.29, 0.717) is 42.5 Å². The molecular formula is C41H45N4O13+. The number of methoxy groups -OCH3 is 2. The van der Waals surface area contributed by atoms with Gasteiger partial charge in [-0.15, -0.1) is 0 Å². The van der Waals surface area contributed by atoms with Gasteiger partial charge in [-0.3, -0.25) is 19.5 Å². The molecule has 10 atom stereocenters. The van der Waals surface area contributed by atoms with Crippen LogP contribution in [0.2, 0.25) is 0 Å². The molecule has 0 saturated carbocycles. The summed E-state index contributed by atoms with van der Waals surface area (Å²) in [5, 5.41) is 42.1. The Bertz CT molecular complexity index is 2160. The molecule has 17 nitrogen and oxygen atoms in total. The lowest BCUT2D eigenvalue weighted by Crippen LogP contribution is -3.04. The summed E-state index contributed by atoms with van der Waals surface area (Å²) in [7, 11) is 3.13. The third-order valence-electron chi connectivity index (χ3n) is 11.0. The zero-order valence-corrected chi connectivity index (χ0v) is 31.6. The number of carbonyl (C=O) groups excluding carboxylic acids is 1. The van der Waals surface area contributed by atoms with Gasteiger partial charge in [0.25, 0.3) is 0 Å². The first kappa shape index (κ1) is 39.3. The van der Waals surface area contributed by atoms with Gasteiger partial charge in [-0.1, -0.05) is 36.4 Å². The van der Waals surface area contributed by atoms with E-state index in [1.54, 1.807) is 32.6 Å². The lowest BCUT2D eigenvalue weighted by molar-refractivity contribution is -0.851. The number of aliphatic imine (C=N–C) groups is 1. The van der Waals surface area contributed by atoms with Gasteiger partial charge in [-0.25, -0.2) is 0 Å². The van der Waals surface area contributed by atoms with Crippen LogP contribution in [0.3, 0.4) is 0 Å². The van der Waals surface area contributed by atoms with E-state index in [1.165, 1.54) is 0 Å². The number of aliphatic hydroxyl groups excluding tert-OH is 3. The standard InChI is InChI=1S/C41H44N4O13/c1-52-25-9-8-23-31-26(12-19-6-4-3-5-7-19)55-27-14-22(54-41-34(51)32(49)33(50)38(58-41)39(40(42)43)56-29(48)15-28(46)47)13-21(17-45-16-20-10-11-44-24(20)18-45)30(27)37(31)57-35(23)36(25)53-2/h3-11,13-14,18,26,31-34,37-41,49-51H,12,15-17,42-43H2,1-2H3,(H,46,47)/p+1. The average Bonchev–Trinajstić information content (AvgIpc) is 3.91. The van der Waals surface area contributed by atoms with Gasteiger partial charge in [-0.05, 0) is 23.8 Å². The number of rotatable bonds is 13. The van der Waals surface area contributed by atoms with Crippen molar-refractivity contribution in [3.63, 3.8) is 0 Å². The minimum absolute atomic E-state index is 0.173. The molecule has 5 heterocycles. The van der Waals surface area contributed by atoms with Gasteiger partial charge in [0.15, 0.2) is 17.6 Å². The molecule has 10 unspecified atom stereocenters. The summed E-state index contributed by atoms with van der Waals surface area (Å²) in [6.45, 7) is 1.11. The van der Waals surface area contributed by atoms with Crippen LogP contribution in [-0.4, -0.2) is 108 Å². The third-order valence-corrected chi connectivity index (χ3v) is 11.0. The molecule has 17 heteroatoms. The van der Waals surface area contributed by atoms with Crippen molar-refractivity contribution < 1.29 is 68.1 Å². The van der Waals surface area contributed by atoms with Gasteiger partial charge in [0, 0.05) is 41.0 Å². The van der Waals surface area contributed by atoms with E-state index in [-0.39, 0.29) is 11.7 Å². The highest BCUT2D eigenvalue weighted by Gasteiger charge is 2.52. The van der Waals surface area contributed by atoms with E-state index in [2.05, 4.69) is 4.99 Å². The monoisotopic (exact) mass is 801 g/mol. The van der Waals surface area contributed by atoms with E-state index < -0.39 is 73.5 Å². The van der Waals surface area contributed by atoms with Crippen LogP contribution in [0.15, 0.2) is 83.1 Å². The van der Waals surface area contributed by atoms with Crippen molar-refractivity contribution in [2.24, 2.45) is 16.5 Å². The molecule has 8 rings (SSSR count). The first-order valence-electron chi connectivity index (χ1n) is 18.8. The Morgan fingerprint density at radius 3 is 2.50 bits per heavy atom. The van der Waals surface area contributed by atoms with Gasteiger partial charge in [0.05, 0.1) is 26.3 Å². The molecule has 0 radical (unpaired) electrons. The van der Waals surface area contributed by atoms with Crippen LogP contribution in [0, 0.1) is 0 Å². The Morgan fingerprint density at radius 2 is 1.79 bits per heavy atom. The van der Waals surface area contributed by atoms with Crippen LogP contribution < -0.4 is 40.1 Å². The van der Waals surface area contributed by atoms with Crippen LogP contribution in [0.4, 0.5) is 0 Å². The predicted molar refractivity (Wildman–Crippen MR) is 202 cm³/mol. The predicted octanol–water partition coefficient (Wildman–Crippen LogP) is -0.00810. The molecule has 5 aliphatic heterocycles. The fourth-order valence-electron chi connectivity index (χ4n) is 8.40. The number of nitrogens with zero attached hydrogens (tertiary/aromatic N) is 1. The number of allylic oxidation sites excluding steroid dienone is 1. The number of carbonyl (C=O) groups is 2. The van der Waals surface area contributed by atoms with Gasteiger partial charge >= 0.3 is 11.9 Å². The molecule has 0 amide bonds. The van der Waals surface area contributed by atoms with Crippen LogP contribution in [0.5, 0.6) is 28.7 Å². The Kier molecular flexibility index (Phi) is 10.9. The number of ether oxygens (including phenoxy) is 7. The van der Waals surface area contributed by atoms with E-state index in [0.717, 1.165) is 38.4 Å². The lowest BCUT2D eigenvalue weighted by atomic mass is 9.80. The third kappa shape index (κ3) is 7.37. The van der Waals surface area contributed by atoms with Crippen LogP contribution in [0.1, 0.15) is 40.7 Å². The summed E-state index contributed by atoms with van der Waals surface area (Å²) >= 11 is 0. The largest absolute Gasteiger partial charge is 0.493 e. The van der Waals surface area contributed by atoms with Gasteiger partial charge < -0.3 is 65.1 Å². The summed E-state index contributed by atoms with van der Waals surface area (Å²) < 4.78 is 42.7. The van der Waals surface area contributed by atoms with Crippen molar-refractivity contribution in [2.75, 3.05) is 20.8 Å². The maximum atomic E-state index is 12.3. The maximum Gasteiger partial charge on any atom is 0.317 e. The highest BCUT2D eigenvalue weighted by Crippen LogP contribution is 2.59. The molecule has 58 heavy (non-hydrogen) atoms. The summed E-state index contributed by atoms with van der Waals surface area (Å²) in [6.07, 6.45) is -7.61. The highest BCUT2D eigenvalue weighted by atomic mass is 16.7. The number of carboxylic acid groups (broad SMARTS) is 1. The second-order valence-electron chi connectivity index (χ2n) is 14.8. The number of quaternary nitrogens is 1. The van der Waals surface area contributed by atoms with Crippen molar-refractivity contribution in [3.05, 3.63) is 100 Å². The molecule has 0 bridgehead atoms. The molecule has 9 N–H and O–H groups in total. The second-order valence-corrected chi connectivity index (χ2v) is 14.8. The molecule has 0 aliphatic carbocycles. The molecule has 5 aliphatic rings. The van der Waals surface area contributed by atoms with Crippen molar-refractivity contribution in [1.29, 1.82) is 0 Å². The minimum Gasteiger partial charge on any atom is -0.493 e. The smallest absolute Gasteiger partial charge is 0.317 e. The number of aliphatic hydroxyl groups is 3. The van der Waals surface area contributed by atoms with Gasteiger partial charge in [0.2, 0.25) is 12.0 Å². The van der Waals surface area contributed by atoms with Crippen molar-refractivity contribution in [1.82, 2.24) is 0 Å². The summed E-state index contributed by atoms with van der Waals surface area (Å²) in [4.78, 5) is 29.0. The number of hydrogen-bond donors (Lipinski definition) is 7. The van der Waals surface area contributed by atoms with E-state index in [1.807, 2.05) is 54.7 Å². The fourth-order valence-corrected chi connectivity index (χ4v) is 8.40. The number of esters is 1. The molecule has 1 saturated heterocycles. The molecule has 3 aromatic rings. The van der Waals surface area contributed by atoms with Crippen LogP contribution in [-0.2, 0) is 32.0 Å². The number of carboxylic acids is 1. The Labute approximate surface area is 332 Å². The Morgan fingerprint density at radius 1 is 1.00 bits per heavy atom. The topological polar surface area (TPSA) is 249 Å². The Hall–Kier alpha value is -5.53. The number of hydrogen-bond acceptors (Lipinski definition) is 15. The number of nitrogens with one attached hydrogen (secondary N) is 1. The van der Waals surface area contributed by atoms with Gasteiger partial charge in [-0.2, -0.15) is 0 Å². The highest BCUT2D eigenvalue weighted by molar-refractivity contribution is 5.90. The SMILES string of the molecule is COc1ccc2c(c1OC)OC1c3c(C[NH+]4C=C5N=CC=C5C4)cc(OC4OC(C(OC(=O)CC(=O)O)C(N)N)C(O)C(O)C4O)cc3OC(Cc3ccccc3)C21. The van der Waals surface area contributed by atoms with E-state index in [9.17, 15) is 24.9 Å². The number of fused-ring (bicyclic) bond motifs is 6. The first-order valence-corrected chi connectivity index (χ1v) is 18.8. The lowest BCUT2D eigenvalue weighted by Gasteiger charge is -2.43. The molecule has 0 aromatic heterocycles. The number of benzene rings is 3. The van der Waals surface area contributed by atoms with Crippen molar-refractivity contribution in [2.45, 2.75) is 80.5 Å². The van der Waals surface area contributed by atoms with E-state index >= 15 is 0 Å². The quantitative estimate of drug-likeness (QED) is 0.0683. The Balaban J connectivity index is 1.18. The molecule has 3 aromatic carbocycles. The zero-order chi connectivity index (χ0) is 40.8.